The van der Waals surface area contributed by atoms with Gasteiger partial charge in [0.05, 0.1) is 21.5 Å². The molecule has 0 spiro atoms. The van der Waals surface area contributed by atoms with E-state index in [2.05, 4.69) is 5.32 Å². The van der Waals surface area contributed by atoms with E-state index >= 15 is 0 Å². The van der Waals surface area contributed by atoms with Gasteiger partial charge in [0.25, 0.3) is 17.3 Å². The molecule has 0 aliphatic carbocycles. The molecule has 27 heavy (non-hydrogen) atoms. The summed E-state index contributed by atoms with van der Waals surface area (Å²) in [6.45, 7) is -0.737. The molecule has 0 heterocycles. The van der Waals surface area contributed by atoms with Crippen molar-refractivity contribution in [1.82, 2.24) is 0 Å². The van der Waals surface area contributed by atoms with Crippen LogP contribution in [0.2, 0.25) is 10.0 Å². The lowest BCUT2D eigenvalue weighted by Crippen LogP contribution is -2.21. The number of non-ortho nitro benzene ring substituents is 2. The smallest absolute Gasteiger partial charge is 0.339 e. The normalized spacial score (nSPS) is 10.1. The third-order valence-corrected chi connectivity index (χ3v) is 3.48. The first-order chi connectivity index (χ1) is 12.7. The first-order valence-electron chi connectivity index (χ1n) is 7.02. The number of nitrogens with one attached hydrogen (secondary N) is 1. The zero-order valence-corrected chi connectivity index (χ0v) is 14.7. The number of rotatable bonds is 6. The van der Waals surface area contributed by atoms with Gasteiger partial charge in [-0.05, 0) is 18.2 Å². The highest BCUT2D eigenvalue weighted by atomic mass is 35.5. The van der Waals surface area contributed by atoms with E-state index < -0.39 is 45.3 Å². The summed E-state index contributed by atoms with van der Waals surface area (Å²) in [6, 6.07) is 6.60. The molecule has 2 aromatic carbocycles. The van der Waals surface area contributed by atoms with Crippen molar-refractivity contribution >= 4 is 52.1 Å². The Morgan fingerprint density at radius 2 is 1.44 bits per heavy atom. The molecule has 0 aliphatic rings. The van der Waals surface area contributed by atoms with E-state index in [1.807, 2.05) is 0 Å². The Morgan fingerprint density at radius 3 is 1.93 bits per heavy atom. The number of amides is 1. The minimum atomic E-state index is -1.14. The molecule has 2 aromatic rings. The molecule has 0 saturated heterocycles. The van der Waals surface area contributed by atoms with Gasteiger partial charge in [-0.15, -0.1) is 0 Å². The molecule has 12 heteroatoms. The lowest BCUT2D eigenvalue weighted by atomic mass is 10.2. The molecule has 0 aromatic heterocycles. The second-order valence-corrected chi connectivity index (χ2v) is 5.91. The van der Waals surface area contributed by atoms with Crippen LogP contribution < -0.4 is 5.32 Å². The summed E-state index contributed by atoms with van der Waals surface area (Å²) in [4.78, 5) is 43.7. The summed E-state index contributed by atoms with van der Waals surface area (Å²) in [5, 5.41) is 24.6. The second kappa shape index (κ2) is 8.43. The molecule has 0 atom stereocenters. The van der Waals surface area contributed by atoms with Gasteiger partial charge in [0.1, 0.15) is 0 Å². The van der Waals surface area contributed by atoms with Crippen molar-refractivity contribution in [1.29, 1.82) is 0 Å². The molecule has 0 fully saturated rings. The molecule has 0 bridgehead atoms. The van der Waals surface area contributed by atoms with Gasteiger partial charge < -0.3 is 10.1 Å². The Bertz CT molecular complexity index is 897. The standard InChI is InChI=1S/C15H9Cl2N3O7/c16-9-3-10(17)5-11(4-9)18-14(21)7-27-15(22)8-1-12(19(23)24)6-13(2-8)20(25)26/h1-6H,7H2,(H,18,21). The predicted octanol–water partition coefficient (Wildman–Crippen LogP) is 3.61. The van der Waals surface area contributed by atoms with Crippen LogP contribution in [0.15, 0.2) is 36.4 Å². The number of carbonyl (C=O) groups excluding carboxylic acids is 2. The van der Waals surface area contributed by atoms with E-state index in [0.717, 1.165) is 12.1 Å². The van der Waals surface area contributed by atoms with Crippen LogP contribution in [0.25, 0.3) is 0 Å². The Kier molecular flexibility index (Phi) is 6.27. The monoisotopic (exact) mass is 413 g/mol. The third kappa shape index (κ3) is 5.62. The van der Waals surface area contributed by atoms with E-state index in [1.54, 1.807) is 0 Å². The Balaban J connectivity index is 2.07. The van der Waals surface area contributed by atoms with E-state index in [1.165, 1.54) is 18.2 Å². The highest BCUT2D eigenvalue weighted by Gasteiger charge is 2.21. The van der Waals surface area contributed by atoms with Crippen LogP contribution in [0.1, 0.15) is 10.4 Å². The highest BCUT2D eigenvalue weighted by molar-refractivity contribution is 6.35. The third-order valence-electron chi connectivity index (χ3n) is 3.04. The minimum Gasteiger partial charge on any atom is -0.452 e. The first kappa shape index (κ1) is 20.1. The fraction of sp³-hybridized carbons (Fsp3) is 0.0667. The predicted molar refractivity (Wildman–Crippen MR) is 95.1 cm³/mol. The SMILES string of the molecule is O=C(COC(=O)c1cc([N+](=O)[O-])cc([N+](=O)[O-])c1)Nc1cc(Cl)cc(Cl)c1. The number of carbonyl (C=O) groups is 2. The summed E-state index contributed by atoms with van der Waals surface area (Å²) in [5.74, 6) is -1.87. The number of nitro benzene ring substituents is 2. The maximum atomic E-state index is 12.0. The summed E-state index contributed by atoms with van der Waals surface area (Å²) >= 11 is 11.6. The Hall–Kier alpha value is -3.24. The number of esters is 1. The fourth-order valence-corrected chi connectivity index (χ4v) is 2.49. The van der Waals surface area contributed by atoms with Crippen LogP contribution >= 0.6 is 23.2 Å². The average Bonchev–Trinajstić information content (AvgIpc) is 2.58. The second-order valence-electron chi connectivity index (χ2n) is 5.03. The van der Waals surface area contributed by atoms with Crippen LogP contribution in [0.3, 0.4) is 0 Å². The number of nitro groups is 2. The van der Waals surface area contributed by atoms with Gasteiger partial charge in [-0.1, -0.05) is 23.2 Å². The topological polar surface area (TPSA) is 142 Å². The van der Waals surface area contributed by atoms with Crippen molar-refractivity contribution in [3.8, 4) is 0 Å². The lowest BCUT2D eigenvalue weighted by Gasteiger charge is -2.07. The largest absolute Gasteiger partial charge is 0.452 e. The van der Waals surface area contributed by atoms with Crippen molar-refractivity contribution in [2.24, 2.45) is 0 Å². The van der Waals surface area contributed by atoms with Crippen LogP contribution in [-0.2, 0) is 9.53 Å². The number of hydrogen-bond donors (Lipinski definition) is 1. The molecule has 0 saturated carbocycles. The average molecular weight is 414 g/mol. The van der Waals surface area contributed by atoms with Gasteiger partial charge in [0.2, 0.25) is 0 Å². The van der Waals surface area contributed by atoms with Crippen molar-refractivity contribution < 1.29 is 24.2 Å². The molecule has 2 rings (SSSR count). The van der Waals surface area contributed by atoms with E-state index in [0.29, 0.717) is 6.07 Å². The number of ether oxygens (including phenoxy) is 1. The Labute approximate surface area is 160 Å². The van der Waals surface area contributed by atoms with Gasteiger partial charge in [0, 0.05) is 27.9 Å². The van der Waals surface area contributed by atoms with Gasteiger partial charge >= 0.3 is 5.97 Å². The quantitative estimate of drug-likeness (QED) is 0.432. The van der Waals surface area contributed by atoms with Crippen LogP contribution in [0.5, 0.6) is 0 Å². The van der Waals surface area contributed by atoms with Gasteiger partial charge in [0.15, 0.2) is 6.61 Å². The van der Waals surface area contributed by atoms with Crippen molar-refractivity contribution in [3.63, 3.8) is 0 Å². The van der Waals surface area contributed by atoms with Crippen molar-refractivity contribution in [2.75, 3.05) is 11.9 Å². The first-order valence-corrected chi connectivity index (χ1v) is 7.78. The van der Waals surface area contributed by atoms with Gasteiger partial charge in [-0.2, -0.15) is 0 Å². The van der Waals surface area contributed by atoms with E-state index in [4.69, 9.17) is 27.9 Å². The molecular formula is C15H9Cl2N3O7. The van der Waals surface area contributed by atoms with Crippen LogP contribution in [0.4, 0.5) is 17.1 Å². The lowest BCUT2D eigenvalue weighted by molar-refractivity contribution is -0.394. The molecular weight excluding hydrogens is 405 g/mol. The number of halogens is 2. The maximum Gasteiger partial charge on any atom is 0.339 e. The van der Waals surface area contributed by atoms with Gasteiger partial charge in [-0.25, -0.2) is 4.79 Å². The van der Waals surface area contributed by atoms with E-state index in [-0.39, 0.29) is 15.7 Å². The molecule has 140 valence electrons. The Morgan fingerprint density at radius 1 is 0.926 bits per heavy atom. The summed E-state index contributed by atoms with van der Waals surface area (Å²) < 4.78 is 4.73. The molecule has 10 nitrogen and oxygen atoms in total. The van der Waals surface area contributed by atoms with Crippen LogP contribution in [0, 0.1) is 20.2 Å². The number of benzene rings is 2. The zero-order valence-electron chi connectivity index (χ0n) is 13.2. The summed E-state index contributed by atoms with van der Waals surface area (Å²) in [6.07, 6.45) is 0. The zero-order chi connectivity index (χ0) is 20.1. The van der Waals surface area contributed by atoms with Crippen molar-refractivity contribution in [2.45, 2.75) is 0 Å². The minimum absolute atomic E-state index is 0.263. The summed E-state index contributed by atoms with van der Waals surface area (Å²) in [7, 11) is 0. The van der Waals surface area contributed by atoms with Crippen molar-refractivity contribution in [3.05, 3.63) is 72.2 Å². The highest BCUT2D eigenvalue weighted by Crippen LogP contribution is 2.24. The maximum absolute atomic E-state index is 12.0. The molecule has 0 radical (unpaired) electrons. The molecule has 1 amide bonds. The van der Waals surface area contributed by atoms with E-state index in [9.17, 15) is 29.8 Å². The number of anilines is 1. The number of hydrogen-bond acceptors (Lipinski definition) is 7. The number of nitrogens with zero attached hydrogens (tertiary/aromatic N) is 2. The molecule has 1 N–H and O–H groups in total. The van der Waals surface area contributed by atoms with Crippen LogP contribution in [-0.4, -0.2) is 28.3 Å². The fourth-order valence-electron chi connectivity index (χ4n) is 1.96. The molecule has 0 unspecified atom stereocenters. The molecule has 0 aliphatic heterocycles. The van der Waals surface area contributed by atoms with Gasteiger partial charge in [-0.3, -0.25) is 25.0 Å². The summed E-state index contributed by atoms with van der Waals surface area (Å²) in [5.41, 5.74) is -1.49.